The number of aliphatic hydroxyl groups is 4. The molecule has 0 spiro atoms. The molecule has 7 heteroatoms. The van der Waals surface area contributed by atoms with Gasteiger partial charge in [0.05, 0.1) is 30.5 Å². The molecule has 1 heterocycles. The lowest BCUT2D eigenvalue weighted by molar-refractivity contribution is -0.223. The van der Waals surface area contributed by atoms with Gasteiger partial charge in [-0.15, -0.1) is 0 Å². The Kier molecular flexibility index (Phi) is 8.64. The second-order valence-electron chi connectivity index (χ2n) is 6.13. The summed E-state index contributed by atoms with van der Waals surface area (Å²) in [6, 6.07) is 10.1. The largest absolute Gasteiger partial charge is 0.430 e. The molecular formula is C19H26O6S. The normalized spacial score (nSPS) is 29.9. The average Bonchev–Trinajstić information content (AvgIpc) is 2.66. The maximum Gasteiger partial charge on any atom is 0.111 e. The molecule has 1 aliphatic rings. The average molecular weight is 382 g/mol. The molecule has 4 N–H and O–H groups in total. The second-order valence-corrected chi connectivity index (χ2v) is 6.87. The Balaban J connectivity index is 1.74. The SMILES string of the molecule is C/C(=C\C=C/Cc1ccccc1)OSCC1OC(CO)C(O)C(O)C1O. The number of aliphatic hydroxyl groups excluding tert-OH is 4. The van der Waals surface area contributed by atoms with Gasteiger partial charge in [-0.05, 0) is 25.0 Å². The van der Waals surface area contributed by atoms with Crippen LogP contribution in [0.4, 0.5) is 0 Å². The molecular weight excluding hydrogens is 356 g/mol. The zero-order chi connectivity index (χ0) is 18.9. The number of benzene rings is 1. The lowest BCUT2D eigenvalue weighted by Gasteiger charge is -2.39. The van der Waals surface area contributed by atoms with Gasteiger partial charge < -0.3 is 29.3 Å². The van der Waals surface area contributed by atoms with Crippen molar-refractivity contribution in [3.05, 3.63) is 59.9 Å². The number of allylic oxidation sites excluding steroid dienone is 4. The van der Waals surface area contributed by atoms with Crippen LogP contribution in [0.25, 0.3) is 0 Å². The summed E-state index contributed by atoms with van der Waals surface area (Å²) in [5, 5.41) is 38.6. The van der Waals surface area contributed by atoms with Crippen molar-refractivity contribution >= 4 is 12.0 Å². The fourth-order valence-corrected chi connectivity index (χ4v) is 3.28. The smallest absolute Gasteiger partial charge is 0.111 e. The molecule has 5 unspecified atom stereocenters. The topological polar surface area (TPSA) is 99.4 Å². The molecule has 0 bridgehead atoms. The van der Waals surface area contributed by atoms with E-state index in [-0.39, 0.29) is 5.75 Å². The molecule has 26 heavy (non-hydrogen) atoms. The molecule has 5 atom stereocenters. The van der Waals surface area contributed by atoms with Crippen LogP contribution in [0.15, 0.2) is 54.3 Å². The minimum absolute atomic E-state index is 0.250. The number of hydrogen-bond acceptors (Lipinski definition) is 7. The summed E-state index contributed by atoms with van der Waals surface area (Å²) in [5.41, 5.74) is 1.23. The maximum atomic E-state index is 9.96. The maximum absolute atomic E-state index is 9.96. The van der Waals surface area contributed by atoms with E-state index in [1.165, 1.54) is 5.56 Å². The van der Waals surface area contributed by atoms with Gasteiger partial charge in [0.1, 0.15) is 30.2 Å². The first kappa shape index (κ1) is 21.0. The lowest BCUT2D eigenvalue weighted by Crippen LogP contribution is -2.59. The highest BCUT2D eigenvalue weighted by Gasteiger charge is 2.43. The Morgan fingerprint density at radius 2 is 1.81 bits per heavy atom. The predicted molar refractivity (Wildman–Crippen MR) is 100 cm³/mol. The first-order chi connectivity index (χ1) is 12.5. The van der Waals surface area contributed by atoms with Crippen LogP contribution in [0.1, 0.15) is 12.5 Å². The van der Waals surface area contributed by atoms with Gasteiger partial charge in [0.25, 0.3) is 0 Å². The summed E-state index contributed by atoms with van der Waals surface area (Å²) < 4.78 is 10.9. The summed E-state index contributed by atoms with van der Waals surface area (Å²) in [4.78, 5) is 0. The third-order valence-electron chi connectivity index (χ3n) is 4.08. The molecule has 2 rings (SSSR count). The standard InChI is InChI=1S/C19H26O6S/c1-13(7-5-6-10-14-8-3-2-4-9-14)25-26-12-16-18(22)19(23)17(21)15(11-20)24-16/h2-9,15-23H,10-12H2,1H3/b6-5-,13-7+. The molecule has 1 saturated heterocycles. The van der Waals surface area contributed by atoms with Crippen LogP contribution in [-0.2, 0) is 15.3 Å². The molecule has 0 saturated carbocycles. The molecule has 1 aromatic carbocycles. The van der Waals surface area contributed by atoms with E-state index < -0.39 is 37.1 Å². The minimum atomic E-state index is -1.36. The lowest BCUT2D eigenvalue weighted by atomic mass is 9.96. The van der Waals surface area contributed by atoms with E-state index in [9.17, 15) is 15.3 Å². The fraction of sp³-hybridized carbons (Fsp3) is 0.474. The van der Waals surface area contributed by atoms with Gasteiger partial charge in [0, 0.05) is 0 Å². The van der Waals surface area contributed by atoms with Crippen molar-refractivity contribution in [3.8, 4) is 0 Å². The molecule has 144 valence electrons. The van der Waals surface area contributed by atoms with Gasteiger partial charge in [-0.3, -0.25) is 0 Å². The summed E-state index contributed by atoms with van der Waals surface area (Å²) >= 11 is 1.08. The van der Waals surface area contributed by atoms with E-state index in [2.05, 4.69) is 12.1 Å². The van der Waals surface area contributed by atoms with Crippen molar-refractivity contribution in [1.29, 1.82) is 0 Å². The molecule has 0 aliphatic carbocycles. The molecule has 1 aromatic rings. The van der Waals surface area contributed by atoms with E-state index in [0.717, 1.165) is 18.5 Å². The monoisotopic (exact) mass is 382 g/mol. The Bertz CT molecular complexity index is 589. The van der Waals surface area contributed by atoms with Gasteiger partial charge in [0.15, 0.2) is 0 Å². The quantitative estimate of drug-likeness (QED) is 0.305. The van der Waals surface area contributed by atoms with Crippen LogP contribution in [-0.4, -0.2) is 63.3 Å². The molecule has 0 amide bonds. The van der Waals surface area contributed by atoms with Crippen molar-refractivity contribution in [2.24, 2.45) is 0 Å². The highest BCUT2D eigenvalue weighted by atomic mass is 32.2. The fourth-order valence-electron chi connectivity index (χ4n) is 2.56. The zero-order valence-corrected chi connectivity index (χ0v) is 15.5. The van der Waals surface area contributed by atoms with Crippen molar-refractivity contribution in [2.45, 2.75) is 43.9 Å². The first-order valence-corrected chi connectivity index (χ1v) is 9.41. The van der Waals surface area contributed by atoms with Crippen LogP contribution in [0.3, 0.4) is 0 Å². The Morgan fingerprint density at radius 1 is 1.12 bits per heavy atom. The van der Waals surface area contributed by atoms with Crippen molar-refractivity contribution < 1.29 is 29.3 Å². The summed E-state index contributed by atoms with van der Waals surface area (Å²) in [5.74, 6) is 0.935. The molecule has 0 aromatic heterocycles. The summed E-state index contributed by atoms with van der Waals surface area (Å²) in [6.45, 7) is 1.38. The number of ether oxygens (including phenoxy) is 1. The highest BCUT2D eigenvalue weighted by molar-refractivity contribution is 7.94. The van der Waals surface area contributed by atoms with Crippen molar-refractivity contribution in [2.75, 3.05) is 12.4 Å². The third-order valence-corrected chi connectivity index (χ3v) is 4.92. The van der Waals surface area contributed by atoms with Gasteiger partial charge >= 0.3 is 0 Å². The van der Waals surface area contributed by atoms with E-state index >= 15 is 0 Å². The van der Waals surface area contributed by atoms with Crippen LogP contribution < -0.4 is 0 Å². The summed E-state index contributed by atoms with van der Waals surface area (Å²) in [7, 11) is 0. The number of rotatable bonds is 8. The minimum Gasteiger partial charge on any atom is -0.430 e. The van der Waals surface area contributed by atoms with Crippen molar-refractivity contribution in [1.82, 2.24) is 0 Å². The van der Waals surface area contributed by atoms with Crippen LogP contribution in [0.5, 0.6) is 0 Å². The molecule has 6 nitrogen and oxygen atoms in total. The van der Waals surface area contributed by atoms with E-state index in [1.54, 1.807) is 0 Å². The van der Waals surface area contributed by atoms with Gasteiger partial charge in [0.2, 0.25) is 0 Å². The van der Waals surface area contributed by atoms with E-state index in [4.69, 9.17) is 14.0 Å². The van der Waals surface area contributed by atoms with E-state index in [0.29, 0.717) is 5.76 Å². The van der Waals surface area contributed by atoms with Crippen LogP contribution in [0.2, 0.25) is 0 Å². The van der Waals surface area contributed by atoms with Crippen LogP contribution in [0, 0.1) is 0 Å². The molecule has 0 radical (unpaired) electrons. The summed E-state index contributed by atoms with van der Waals surface area (Å²) in [6.07, 6.45) is 1.05. The highest BCUT2D eigenvalue weighted by Crippen LogP contribution is 2.24. The van der Waals surface area contributed by atoms with Gasteiger partial charge in [-0.25, -0.2) is 0 Å². The van der Waals surface area contributed by atoms with Gasteiger partial charge in [-0.2, -0.15) is 0 Å². The third kappa shape index (κ3) is 6.12. The molecule has 1 aliphatic heterocycles. The van der Waals surface area contributed by atoms with Crippen molar-refractivity contribution in [3.63, 3.8) is 0 Å². The molecule has 1 fully saturated rings. The second kappa shape index (κ2) is 10.7. The number of hydrogen-bond donors (Lipinski definition) is 4. The first-order valence-electron chi connectivity index (χ1n) is 8.50. The zero-order valence-electron chi connectivity index (χ0n) is 14.6. The van der Waals surface area contributed by atoms with Gasteiger partial charge in [-0.1, -0.05) is 42.5 Å². The van der Waals surface area contributed by atoms with E-state index in [1.807, 2.05) is 43.4 Å². The Morgan fingerprint density at radius 3 is 2.50 bits per heavy atom. The Hall–Kier alpha value is -1.35. The predicted octanol–water partition coefficient (Wildman–Crippen LogP) is 1.20. The van der Waals surface area contributed by atoms with Crippen LogP contribution >= 0.6 is 12.0 Å². The Labute approximate surface area is 158 Å².